The number of hydrogen-bond acceptors (Lipinski definition) is 8. The van der Waals surface area contributed by atoms with Gasteiger partial charge in [-0.1, -0.05) is 30.0 Å². The lowest BCUT2D eigenvalue weighted by Gasteiger charge is -2.14. The van der Waals surface area contributed by atoms with Crippen LogP contribution in [0, 0.1) is 0 Å². The zero-order chi connectivity index (χ0) is 24.7. The van der Waals surface area contributed by atoms with Gasteiger partial charge in [0.05, 0.1) is 24.2 Å². The number of benzene rings is 2. The Morgan fingerprint density at radius 3 is 2.62 bits per heavy atom. The number of phenols is 1. The van der Waals surface area contributed by atoms with Crippen LogP contribution in [0.5, 0.6) is 11.5 Å². The van der Waals surface area contributed by atoms with E-state index in [1.54, 1.807) is 49.4 Å². The molecule has 10 heteroatoms. The molecule has 0 radical (unpaired) electrons. The molecule has 0 saturated carbocycles. The number of phenolic OH excluding ortho intramolecular Hbond substituents is 1. The number of nitrogens with zero attached hydrogens (tertiary/aromatic N) is 1. The van der Waals surface area contributed by atoms with Gasteiger partial charge in [-0.2, -0.15) is 0 Å². The number of amides is 2. The van der Waals surface area contributed by atoms with Gasteiger partial charge in [-0.3, -0.25) is 14.5 Å². The third-order valence-electron chi connectivity index (χ3n) is 4.84. The Labute approximate surface area is 206 Å². The summed E-state index contributed by atoms with van der Waals surface area (Å²) < 4.78 is 10.5. The number of rotatable bonds is 9. The Balaban J connectivity index is 1.51. The van der Waals surface area contributed by atoms with Crippen molar-refractivity contribution in [3.05, 3.63) is 58.5 Å². The summed E-state index contributed by atoms with van der Waals surface area (Å²) in [6.07, 6.45) is 2.32. The zero-order valence-electron chi connectivity index (χ0n) is 18.7. The van der Waals surface area contributed by atoms with Crippen LogP contribution in [0.3, 0.4) is 0 Å². The van der Waals surface area contributed by atoms with Crippen LogP contribution in [0.15, 0.2) is 47.4 Å². The quantitative estimate of drug-likeness (QED) is 0.300. The summed E-state index contributed by atoms with van der Waals surface area (Å²) >= 11 is 6.53. The predicted molar refractivity (Wildman–Crippen MR) is 135 cm³/mol. The van der Waals surface area contributed by atoms with E-state index >= 15 is 0 Å². The van der Waals surface area contributed by atoms with E-state index < -0.39 is 5.97 Å². The normalized spacial score (nSPS) is 14.4. The molecule has 1 heterocycles. The Morgan fingerprint density at radius 2 is 1.94 bits per heavy atom. The molecule has 8 nitrogen and oxygen atoms in total. The van der Waals surface area contributed by atoms with Crippen LogP contribution in [0.4, 0.5) is 5.69 Å². The molecule has 0 aromatic heterocycles. The molecule has 0 unspecified atom stereocenters. The van der Waals surface area contributed by atoms with Crippen molar-refractivity contribution in [2.45, 2.75) is 19.8 Å². The van der Waals surface area contributed by atoms with Crippen LogP contribution >= 0.6 is 24.0 Å². The lowest BCUT2D eigenvalue weighted by molar-refractivity contribution is -0.122. The van der Waals surface area contributed by atoms with Crippen LogP contribution in [-0.2, 0) is 14.3 Å². The predicted octanol–water partition coefficient (Wildman–Crippen LogP) is 4.20. The zero-order valence-corrected chi connectivity index (χ0v) is 20.3. The maximum absolute atomic E-state index is 12.8. The first kappa shape index (κ1) is 25.3. The van der Waals surface area contributed by atoms with Crippen LogP contribution in [0.1, 0.15) is 35.7 Å². The highest BCUT2D eigenvalue weighted by Crippen LogP contribution is 2.34. The molecule has 0 aliphatic carbocycles. The first-order valence-corrected chi connectivity index (χ1v) is 11.7. The number of methoxy groups -OCH3 is 1. The number of ether oxygens (including phenoxy) is 2. The van der Waals surface area contributed by atoms with Crippen molar-refractivity contribution in [1.29, 1.82) is 0 Å². The summed E-state index contributed by atoms with van der Waals surface area (Å²) in [6, 6.07) is 11.2. The first-order valence-electron chi connectivity index (χ1n) is 10.5. The highest BCUT2D eigenvalue weighted by molar-refractivity contribution is 8.26. The minimum absolute atomic E-state index is 0.0143. The fraction of sp³-hybridized carbons (Fsp3) is 0.250. The maximum atomic E-state index is 12.8. The molecule has 2 amide bonds. The summed E-state index contributed by atoms with van der Waals surface area (Å²) in [5.41, 5.74) is 1.67. The molecule has 1 fully saturated rings. The van der Waals surface area contributed by atoms with Crippen LogP contribution in [0.2, 0.25) is 0 Å². The first-order chi connectivity index (χ1) is 16.3. The summed E-state index contributed by atoms with van der Waals surface area (Å²) in [5, 5.41) is 12.5. The molecule has 178 valence electrons. The van der Waals surface area contributed by atoms with E-state index in [1.807, 2.05) is 0 Å². The smallest absolute Gasteiger partial charge is 0.338 e. The number of esters is 1. The van der Waals surface area contributed by atoms with Crippen molar-refractivity contribution in [3.8, 4) is 11.5 Å². The number of hydrogen-bond donors (Lipinski definition) is 2. The van der Waals surface area contributed by atoms with Crippen molar-refractivity contribution in [3.63, 3.8) is 0 Å². The third-order valence-corrected chi connectivity index (χ3v) is 6.22. The molecule has 2 N–H and O–H groups in total. The highest BCUT2D eigenvalue weighted by Gasteiger charge is 2.31. The molecule has 34 heavy (non-hydrogen) atoms. The third kappa shape index (κ3) is 6.36. The summed E-state index contributed by atoms with van der Waals surface area (Å²) in [5.74, 6) is -0.522. The molecule has 0 atom stereocenters. The van der Waals surface area contributed by atoms with Crippen molar-refractivity contribution < 1.29 is 29.0 Å². The standard InChI is InChI=1S/C24H24N2O6S2/c1-3-32-23(30)16-7-9-17(10-8-16)25-21(28)5-4-12-26-22(29)20(34-24(26)33)14-15-6-11-18(27)19(13-15)31-2/h6-11,13-14,27H,3-5,12H2,1-2H3,(H,25,28)/b20-14-. The summed E-state index contributed by atoms with van der Waals surface area (Å²) in [4.78, 5) is 38.7. The molecule has 0 spiro atoms. The summed E-state index contributed by atoms with van der Waals surface area (Å²) in [7, 11) is 1.45. The monoisotopic (exact) mass is 500 g/mol. The number of thioether (sulfide) groups is 1. The second-order valence-corrected chi connectivity index (χ2v) is 8.89. The molecule has 1 saturated heterocycles. The topological polar surface area (TPSA) is 105 Å². The molecular weight excluding hydrogens is 476 g/mol. The van der Waals surface area contributed by atoms with E-state index in [4.69, 9.17) is 21.7 Å². The fourth-order valence-corrected chi connectivity index (χ4v) is 4.46. The minimum Gasteiger partial charge on any atom is -0.504 e. The SMILES string of the molecule is CCOC(=O)c1ccc(NC(=O)CCCN2C(=O)/C(=C/c3ccc(O)c(OC)c3)SC2=S)cc1. The Bertz CT molecular complexity index is 1130. The molecular formula is C24H24N2O6S2. The van der Waals surface area contributed by atoms with E-state index in [-0.39, 0.29) is 24.0 Å². The number of aromatic hydroxyl groups is 1. The van der Waals surface area contributed by atoms with Gasteiger partial charge >= 0.3 is 5.97 Å². The number of anilines is 1. The van der Waals surface area contributed by atoms with Crippen molar-refractivity contribution in [1.82, 2.24) is 4.90 Å². The van der Waals surface area contributed by atoms with Crippen molar-refractivity contribution in [2.24, 2.45) is 0 Å². The van der Waals surface area contributed by atoms with Gasteiger partial charge in [-0.15, -0.1) is 0 Å². The number of carbonyl (C=O) groups is 3. The van der Waals surface area contributed by atoms with Crippen LogP contribution in [-0.4, -0.2) is 52.4 Å². The fourth-order valence-electron chi connectivity index (χ4n) is 3.15. The molecule has 3 rings (SSSR count). The Morgan fingerprint density at radius 1 is 1.21 bits per heavy atom. The Hall–Kier alpha value is -3.37. The molecule has 0 bridgehead atoms. The van der Waals surface area contributed by atoms with Crippen molar-refractivity contribution >= 4 is 57.8 Å². The van der Waals surface area contributed by atoms with Gasteiger partial charge in [0.25, 0.3) is 5.91 Å². The molecule has 2 aromatic carbocycles. The van der Waals surface area contributed by atoms with E-state index in [0.29, 0.717) is 51.4 Å². The van der Waals surface area contributed by atoms with E-state index in [1.165, 1.54) is 29.8 Å². The largest absolute Gasteiger partial charge is 0.504 e. The van der Waals surface area contributed by atoms with E-state index in [0.717, 1.165) is 0 Å². The average Bonchev–Trinajstić information content (AvgIpc) is 3.08. The van der Waals surface area contributed by atoms with Crippen molar-refractivity contribution in [2.75, 3.05) is 25.6 Å². The minimum atomic E-state index is -0.414. The number of thiocarbonyl (C=S) groups is 1. The van der Waals surface area contributed by atoms with E-state index in [9.17, 15) is 19.5 Å². The van der Waals surface area contributed by atoms with Gasteiger partial charge in [0, 0.05) is 18.7 Å². The molecule has 1 aliphatic rings. The average molecular weight is 501 g/mol. The van der Waals surface area contributed by atoms with E-state index in [2.05, 4.69) is 5.32 Å². The van der Waals surface area contributed by atoms with Crippen LogP contribution < -0.4 is 10.1 Å². The number of nitrogens with one attached hydrogen (secondary N) is 1. The molecule has 2 aromatic rings. The maximum Gasteiger partial charge on any atom is 0.338 e. The van der Waals surface area contributed by atoms with Gasteiger partial charge < -0.3 is 19.9 Å². The van der Waals surface area contributed by atoms with Crippen LogP contribution in [0.25, 0.3) is 6.08 Å². The van der Waals surface area contributed by atoms with Gasteiger partial charge in [-0.25, -0.2) is 4.79 Å². The highest BCUT2D eigenvalue weighted by atomic mass is 32.2. The number of carbonyl (C=O) groups excluding carboxylic acids is 3. The molecule has 1 aliphatic heterocycles. The van der Waals surface area contributed by atoms with Gasteiger partial charge in [0.15, 0.2) is 11.5 Å². The lowest BCUT2D eigenvalue weighted by atomic mass is 10.2. The van der Waals surface area contributed by atoms with Gasteiger partial charge in [-0.05, 0) is 61.4 Å². The second kappa shape index (κ2) is 11.7. The van der Waals surface area contributed by atoms with Gasteiger partial charge in [0.1, 0.15) is 4.32 Å². The summed E-state index contributed by atoms with van der Waals surface area (Å²) in [6.45, 7) is 2.34. The second-order valence-electron chi connectivity index (χ2n) is 7.21. The lowest BCUT2D eigenvalue weighted by Crippen LogP contribution is -2.29. The Kier molecular flexibility index (Phi) is 8.67. The van der Waals surface area contributed by atoms with Gasteiger partial charge in [0.2, 0.25) is 5.91 Å².